The van der Waals surface area contributed by atoms with Gasteiger partial charge in [-0.15, -0.1) is 11.8 Å². The van der Waals surface area contributed by atoms with Crippen molar-refractivity contribution in [2.24, 2.45) is 0 Å². The lowest BCUT2D eigenvalue weighted by Crippen LogP contribution is -2.30. The summed E-state index contributed by atoms with van der Waals surface area (Å²) in [7, 11) is 0. The molecule has 0 aliphatic carbocycles. The number of carbonyl (C=O) groups excluding carboxylic acids is 1. The molecule has 2 nitrogen and oxygen atoms in total. The zero-order valence-electron chi connectivity index (χ0n) is 11.6. The molecule has 0 radical (unpaired) electrons. The monoisotopic (exact) mass is 287 g/mol. The van der Waals surface area contributed by atoms with Crippen molar-refractivity contribution >= 4 is 17.7 Å². The van der Waals surface area contributed by atoms with Gasteiger partial charge >= 0.3 is 0 Å². The van der Waals surface area contributed by atoms with Crippen LogP contribution in [0.1, 0.15) is 39.3 Å². The molecule has 0 aliphatic heterocycles. The molecule has 0 fully saturated rings. The van der Waals surface area contributed by atoms with Crippen LogP contribution in [0.3, 0.4) is 0 Å². The molecule has 0 aromatic heterocycles. The Morgan fingerprint density at radius 2 is 2.00 bits per heavy atom. The summed E-state index contributed by atoms with van der Waals surface area (Å²) in [6, 6.07) is 2.88. The van der Waals surface area contributed by atoms with Gasteiger partial charge in [-0.25, -0.2) is 8.78 Å². The molecule has 19 heavy (non-hydrogen) atoms. The summed E-state index contributed by atoms with van der Waals surface area (Å²) in [5.41, 5.74) is 0.288. The molecule has 0 spiro atoms. The lowest BCUT2D eigenvalue weighted by atomic mass is 10.1. The van der Waals surface area contributed by atoms with E-state index in [0.717, 1.165) is 6.07 Å². The van der Waals surface area contributed by atoms with Gasteiger partial charge < -0.3 is 5.32 Å². The number of hydrogen-bond donors (Lipinski definition) is 1. The summed E-state index contributed by atoms with van der Waals surface area (Å²) in [5.74, 6) is -1.10. The smallest absolute Gasteiger partial charge is 0.230 e. The molecule has 0 aliphatic rings. The van der Waals surface area contributed by atoms with Crippen LogP contribution in [-0.4, -0.2) is 16.4 Å². The summed E-state index contributed by atoms with van der Waals surface area (Å²) in [6.45, 7) is 7.74. The Hall–Kier alpha value is -1.10. The predicted octanol–water partition coefficient (Wildman–Crippen LogP) is 3.67. The SMILES string of the molecule is CC(NC(=O)CSC(C)(C)C)c1ccc(F)cc1F. The first-order valence-corrected chi connectivity index (χ1v) is 7.06. The molecular formula is C14H19F2NOS. The van der Waals surface area contributed by atoms with Crippen molar-refractivity contribution in [1.82, 2.24) is 5.32 Å². The van der Waals surface area contributed by atoms with Crippen molar-refractivity contribution in [3.63, 3.8) is 0 Å². The molecule has 1 N–H and O–H groups in total. The van der Waals surface area contributed by atoms with Crippen molar-refractivity contribution in [3.8, 4) is 0 Å². The molecule has 1 atom stereocenters. The minimum atomic E-state index is -0.642. The van der Waals surface area contributed by atoms with E-state index in [1.807, 2.05) is 20.8 Å². The number of carbonyl (C=O) groups is 1. The van der Waals surface area contributed by atoms with Crippen LogP contribution >= 0.6 is 11.8 Å². The standard InChI is InChI=1S/C14H19F2NOS/c1-9(11-6-5-10(15)7-12(11)16)17-13(18)8-19-14(2,3)4/h5-7,9H,8H2,1-4H3,(H,17,18). The number of rotatable bonds is 4. The highest BCUT2D eigenvalue weighted by Crippen LogP contribution is 2.23. The van der Waals surface area contributed by atoms with Gasteiger partial charge in [0.2, 0.25) is 5.91 Å². The second-order valence-corrected chi connectivity index (χ2v) is 7.16. The third kappa shape index (κ3) is 5.59. The minimum absolute atomic E-state index is 0.00169. The van der Waals surface area contributed by atoms with Gasteiger partial charge in [0.15, 0.2) is 0 Å². The van der Waals surface area contributed by atoms with Crippen LogP contribution in [-0.2, 0) is 4.79 Å². The Bertz CT molecular complexity index is 457. The number of amides is 1. The molecule has 0 saturated heterocycles. The lowest BCUT2D eigenvalue weighted by molar-refractivity contribution is -0.119. The van der Waals surface area contributed by atoms with E-state index in [2.05, 4.69) is 5.32 Å². The predicted molar refractivity (Wildman–Crippen MR) is 75.1 cm³/mol. The van der Waals surface area contributed by atoms with E-state index in [9.17, 15) is 13.6 Å². The normalized spacial score (nSPS) is 13.2. The Morgan fingerprint density at radius 3 is 2.53 bits per heavy atom. The van der Waals surface area contributed by atoms with Gasteiger partial charge in [-0.05, 0) is 13.0 Å². The molecule has 1 aromatic rings. The van der Waals surface area contributed by atoms with Crippen LogP contribution in [0.4, 0.5) is 8.78 Å². The number of halogens is 2. The second kappa shape index (κ2) is 6.37. The quantitative estimate of drug-likeness (QED) is 0.915. The van der Waals surface area contributed by atoms with Crippen LogP contribution in [0.5, 0.6) is 0 Å². The molecule has 1 aromatic carbocycles. The zero-order valence-corrected chi connectivity index (χ0v) is 12.4. The summed E-state index contributed by atoms with van der Waals surface area (Å²) in [4.78, 5) is 11.7. The summed E-state index contributed by atoms with van der Waals surface area (Å²) in [6.07, 6.45) is 0. The van der Waals surface area contributed by atoms with Gasteiger partial charge in [-0.1, -0.05) is 26.8 Å². The fraction of sp³-hybridized carbons (Fsp3) is 0.500. The molecule has 0 saturated carbocycles. The topological polar surface area (TPSA) is 29.1 Å². The van der Waals surface area contributed by atoms with E-state index < -0.39 is 17.7 Å². The van der Waals surface area contributed by atoms with Gasteiger partial charge in [-0.3, -0.25) is 4.79 Å². The molecular weight excluding hydrogens is 268 g/mol. The van der Waals surface area contributed by atoms with Crippen molar-refractivity contribution in [2.75, 3.05) is 5.75 Å². The molecule has 0 bridgehead atoms. The Balaban J connectivity index is 2.59. The first kappa shape index (κ1) is 16.0. The fourth-order valence-electron chi connectivity index (χ4n) is 1.50. The van der Waals surface area contributed by atoms with Gasteiger partial charge in [0.25, 0.3) is 0 Å². The van der Waals surface area contributed by atoms with E-state index in [4.69, 9.17) is 0 Å². The second-order valence-electron chi connectivity index (χ2n) is 5.36. The summed E-state index contributed by atoms with van der Waals surface area (Å²) < 4.78 is 26.3. The van der Waals surface area contributed by atoms with Crippen molar-refractivity contribution in [2.45, 2.75) is 38.5 Å². The maximum atomic E-state index is 13.5. The molecule has 106 valence electrons. The van der Waals surface area contributed by atoms with Gasteiger partial charge in [-0.2, -0.15) is 0 Å². The maximum Gasteiger partial charge on any atom is 0.230 e. The van der Waals surface area contributed by atoms with Crippen LogP contribution in [0.15, 0.2) is 18.2 Å². The van der Waals surface area contributed by atoms with Crippen LogP contribution in [0.2, 0.25) is 0 Å². The minimum Gasteiger partial charge on any atom is -0.349 e. The fourth-order valence-corrected chi connectivity index (χ4v) is 2.14. The largest absolute Gasteiger partial charge is 0.349 e. The molecule has 1 unspecified atom stereocenters. The molecule has 5 heteroatoms. The highest BCUT2D eigenvalue weighted by atomic mass is 32.2. The van der Waals surface area contributed by atoms with Crippen molar-refractivity contribution < 1.29 is 13.6 Å². The first-order chi connectivity index (χ1) is 8.69. The van der Waals surface area contributed by atoms with E-state index in [1.54, 1.807) is 6.92 Å². The van der Waals surface area contributed by atoms with E-state index in [0.29, 0.717) is 5.75 Å². The average Bonchev–Trinajstić information content (AvgIpc) is 2.25. The Kier molecular flexibility index (Phi) is 5.35. The van der Waals surface area contributed by atoms with Crippen LogP contribution < -0.4 is 5.32 Å². The van der Waals surface area contributed by atoms with E-state index in [-0.39, 0.29) is 16.2 Å². The highest BCUT2D eigenvalue weighted by molar-refractivity contribution is 8.01. The molecule has 0 heterocycles. The van der Waals surface area contributed by atoms with Gasteiger partial charge in [0, 0.05) is 16.4 Å². The maximum absolute atomic E-state index is 13.5. The number of thioether (sulfide) groups is 1. The number of hydrogen-bond acceptors (Lipinski definition) is 2. The highest BCUT2D eigenvalue weighted by Gasteiger charge is 2.17. The summed E-state index contributed by atoms with van der Waals surface area (Å²) >= 11 is 1.52. The lowest BCUT2D eigenvalue weighted by Gasteiger charge is -2.19. The van der Waals surface area contributed by atoms with Gasteiger partial charge in [0.05, 0.1) is 11.8 Å². The average molecular weight is 287 g/mol. The third-order valence-corrected chi connectivity index (χ3v) is 3.72. The third-order valence-electron chi connectivity index (χ3n) is 2.44. The van der Waals surface area contributed by atoms with E-state index >= 15 is 0 Å². The first-order valence-electron chi connectivity index (χ1n) is 6.07. The van der Waals surface area contributed by atoms with E-state index in [1.165, 1.54) is 23.9 Å². The van der Waals surface area contributed by atoms with Crippen LogP contribution in [0, 0.1) is 11.6 Å². The Labute approximate surface area is 117 Å². The van der Waals surface area contributed by atoms with Crippen LogP contribution in [0.25, 0.3) is 0 Å². The Morgan fingerprint density at radius 1 is 1.37 bits per heavy atom. The number of benzene rings is 1. The zero-order chi connectivity index (χ0) is 14.6. The molecule has 1 amide bonds. The molecule has 1 rings (SSSR count). The van der Waals surface area contributed by atoms with Gasteiger partial charge in [0.1, 0.15) is 11.6 Å². The van der Waals surface area contributed by atoms with Crippen molar-refractivity contribution in [3.05, 3.63) is 35.4 Å². The van der Waals surface area contributed by atoms with Crippen molar-refractivity contribution in [1.29, 1.82) is 0 Å². The summed E-state index contributed by atoms with van der Waals surface area (Å²) in [5, 5.41) is 2.71. The number of nitrogens with one attached hydrogen (secondary N) is 1.